The third-order valence-corrected chi connectivity index (χ3v) is 4.19. The molecule has 0 heterocycles. The fourth-order valence-electron chi connectivity index (χ4n) is 2.53. The van der Waals surface area contributed by atoms with Gasteiger partial charge in [-0.2, -0.15) is 0 Å². The molecule has 2 rings (SSSR count). The number of anilines is 1. The molecule has 0 unspecified atom stereocenters. The van der Waals surface area contributed by atoms with Crippen molar-refractivity contribution in [1.82, 2.24) is 0 Å². The molecule has 0 aliphatic heterocycles. The van der Waals surface area contributed by atoms with Crippen LogP contribution in [-0.2, 0) is 6.42 Å². The zero-order chi connectivity index (χ0) is 14.9. The van der Waals surface area contributed by atoms with Crippen molar-refractivity contribution in [3.8, 4) is 0 Å². The van der Waals surface area contributed by atoms with E-state index < -0.39 is 0 Å². The van der Waals surface area contributed by atoms with Gasteiger partial charge in [-0.1, -0.05) is 26.8 Å². The van der Waals surface area contributed by atoms with Crippen LogP contribution in [0.4, 0.5) is 5.69 Å². The number of fused-ring (bicyclic) bond motifs is 1. The van der Waals surface area contributed by atoms with Crippen LogP contribution in [0.2, 0.25) is 0 Å². The summed E-state index contributed by atoms with van der Waals surface area (Å²) in [5.41, 5.74) is 5.70. The smallest absolute Gasteiger partial charge is 0.0405 e. The lowest BCUT2D eigenvalue weighted by Crippen LogP contribution is -2.24. The Labute approximate surface area is 122 Å². The van der Waals surface area contributed by atoms with Crippen LogP contribution in [0, 0.1) is 10.8 Å². The highest BCUT2D eigenvalue weighted by Crippen LogP contribution is 2.34. The standard InChI is InChI=1S/C18H26N2/c1-6-18(4,5)17(19)15-9-13-7-8-16(20-12(2)3)11-14(13)10-15/h7-8,10-12,19-20H,6,9H2,1-5H3. The Hall–Kier alpha value is -1.57. The maximum atomic E-state index is 8.45. The van der Waals surface area contributed by atoms with Gasteiger partial charge in [-0.25, -0.2) is 0 Å². The highest BCUT2D eigenvalue weighted by Gasteiger charge is 2.27. The van der Waals surface area contributed by atoms with E-state index in [4.69, 9.17) is 5.41 Å². The third kappa shape index (κ3) is 2.95. The molecule has 0 saturated carbocycles. The predicted molar refractivity (Wildman–Crippen MR) is 88.7 cm³/mol. The van der Waals surface area contributed by atoms with Crippen molar-refractivity contribution in [2.24, 2.45) is 5.41 Å². The number of hydrogen-bond donors (Lipinski definition) is 2. The van der Waals surface area contributed by atoms with Crippen molar-refractivity contribution >= 4 is 17.5 Å². The Balaban J connectivity index is 2.23. The molecule has 0 spiro atoms. The molecule has 2 nitrogen and oxygen atoms in total. The van der Waals surface area contributed by atoms with Crippen molar-refractivity contribution in [1.29, 1.82) is 5.41 Å². The fourth-order valence-corrected chi connectivity index (χ4v) is 2.53. The first-order chi connectivity index (χ1) is 9.33. The van der Waals surface area contributed by atoms with E-state index in [-0.39, 0.29) is 5.41 Å². The van der Waals surface area contributed by atoms with Crippen molar-refractivity contribution < 1.29 is 0 Å². The number of rotatable bonds is 5. The van der Waals surface area contributed by atoms with Gasteiger partial charge >= 0.3 is 0 Å². The first-order valence-electron chi connectivity index (χ1n) is 7.53. The summed E-state index contributed by atoms with van der Waals surface area (Å²) >= 11 is 0. The minimum Gasteiger partial charge on any atom is -0.383 e. The maximum Gasteiger partial charge on any atom is 0.0405 e. The van der Waals surface area contributed by atoms with Gasteiger partial charge in [-0.15, -0.1) is 0 Å². The summed E-state index contributed by atoms with van der Waals surface area (Å²) in [4.78, 5) is 0. The fraction of sp³-hybridized carbons (Fsp3) is 0.500. The van der Waals surface area contributed by atoms with Crippen LogP contribution in [0.5, 0.6) is 0 Å². The number of nitrogens with one attached hydrogen (secondary N) is 2. The molecule has 0 bridgehead atoms. The molecule has 0 aromatic heterocycles. The average Bonchev–Trinajstić information content (AvgIpc) is 2.79. The Bertz CT molecular complexity index is 551. The molecule has 0 radical (unpaired) electrons. The largest absolute Gasteiger partial charge is 0.383 e. The van der Waals surface area contributed by atoms with Crippen molar-refractivity contribution in [2.75, 3.05) is 5.32 Å². The molecule has 20 heavy (non-hydrogen) atoms. The second-order valence-electron chi connectivity index (χ2n) is 6.67. The van der Waals surface area contributed by atoms with Gasteiger partial charge < -0.3 is 10.7 Å². The topological polar surface area (TPSA) is 35.9 Å². The second kappa shape index (κ2) is 5.43. The zero-order valence-electron chi connectivity index (χ0n) is 13.3. The SMILES string of the molecule is CCC(C)(C)C(=N)C1=Cc2cc(NC(C)C)ccc2C1. The van der Waals surface area contributed by atoms with E-state index in [9.17, 15) is 0 Å². The number of allylic oxidation sites excluding steroid dienone is 1. The van der Waals surface area contributed by atoms with E-state index in [0.717, 1.165) is 24.2 Å². The summed E-state index contributed by atoms with van der Waals surface area (Å²) in [5, 5.41) is 11.9. The van der Waals surface area contributed by atoms with Crippen LogP contribution in [-0.4, -0.2) is 11.8 Å². The van der Waals surface area contributed by atoms with Crippen LogP contribution in [0.1, 0.15) is 52.2 Å². The molecule has 1 aliphatic rings. The predicted octanol–water partition coefficient (Wildman–Crippen LogP) is 4.90. The van der Waals surface area contributed by atoms with Gasteiger partial charge in [0.05, 0.1) is 0 Å². The van der Waals surface area contributed by atoms with Gasteiger partial charge in [0.15, 0.2) is 0 Å². The summed E-state index contributed by atoms with van der Waals surface area (Å²) in [6.45, 7) is 10.8. The summed E-state index contributed by atoms with van der Waals surface area (Å²) in [6, 6.07) is 6.98. The monoisotopic (exact) mass is 270 g/mol. The summed E-state index contributed by atoms with van der Waals surface area (Å²) in [7, 11) is 0. The molecular weight excluding hydrogens is 244 g/mol. The minimum absolute atomic E-state index is 0.0348. The highest BCUT2D eigenvalue weighted by molar-refractivity contribution is 6.07. The first kappa shape index (κ1) is 14.8. The molecule has 1 aromatic carbocycles. The van der Waals surface area contributed by atoms with Crippen molar-refractivity contribution in [2.45, 2.75) is 53.5 Å². The van der Waals surface area contributed by atoms with E-state index in [0.29, 0.717) is 6.04 Å². The lowest BCUT2D eigenvalue weighted by Gasteiger charge is -2.24. The zero-order valence-corrected chi connectivity index (χ0v) is 13.3. The van der Waals surface area contributed by atoms with Gasteiger partial charge in [0, 0.05) is 22.9 Å². The van der Waals surface area contributed by atoms with Crippen LogP contribution in [0.15, 0.2) is 23.8 Å². The Morgan fingerprint density at radius 2 is 2.05 bits per heavy atom. The van der Waals surface area contributed by atoms with Crippen LogP contribution < -0.4 is 5.32 Å². The molecule has 2 heteroatoms. The van der Waals surface area contributed by atoms with E-state index in [2.05, 4.69) is 64.2 Å². The van der Waals surface area contributed by atoms with Crippen molar-refractivity contribution in [3.63, 3.8) is 0 Å². The van der Waals surface area contributed by atoms with Gasteiger partial charge in [0.1, 0.15) is 0 Å². The molecule has 0 atom stereocenters. The Morgan fingerprint density at radius 3 is 2.65 bits per heavy atom. The van der Waals surface area contributed by atoms with Crippen LogP contribution >= 0.6 is 0 Å². The third-order valence-electron chi connectivity index (χ3n) is 4.19. The molecule has 1 aliphatic carbocycles. The second-order valence-corrected chi connectivity index (χ2v) is 6.67. The molecule has 108 valence electrons. The Morgan fingerprint density at radius 1 is 1.35 bits per heavy atom. The Kier molecular flexibility index (Phi) is 4.03. The molecule has 0 saturated heterocycles. The summed E-state index contributed by atoms with van der Waals surface area (Å²) in [6.07, 6.45) is 4.10. The molecule has 0 fully saturated rings. The summed E-state index contributed by atoms with van der Waals surface area (Å²) < 4.78 is 0. The number of hydrogen-bond acceptors (Lipinski definition) is 2. The molecule has 0 amide bonds. The lowest BCUT2D eigenvalue weighted by atomic mass is 9.80. The highest BCUT2D eigenvalue weighted by atomic mass is 14.9. The maximum absolute atomic E-state index is 8.45. The molecule has 1 aromatic rings. The molecule has 2 N–H and O–H groups in total. The van der Waals surface area contributed by atoms with E-state index >= 15 is 0 Å². The number of benzene rings is 1. The van der Waals surface area contributed by atoms with Gasteiger partial charge in [0.2, 0.25) is 0 Å². The minimum atomic E-state index is -0.0348. The quantitative estimate of drug-likeness (QED) is 0.733. The molecular formula is C18H26N2. The lowest BCUT2D eigenvalue weighted by molar-refractivity contribution is 0.500. The van der Waals surface area contributed by atoms with E-state index in [1.165, 1.54) is 16.7 Å². The van der Waals surface area contributed by atoms with Gasteiger partial charge in [0.25, 0.3) is 0 Å². The van der Waals surface area contributed by atoms with Crippen LogP contribution in [0.25, 0.3) is 6.08 Å². The first-order valence-corrected chi connectivity index (χ1v) is 7.53. The van der Waals surface area contributed by atoms with Gasteiger partial charge in [-0.3, -0.25) is 0 Å². The van der Waals surface area contributed by atoms with Crippen LogP contribution in [0.3, 0.4) is 0 Å². The normalized spacial score (nSPS) is 14.2. The van der Waals surface area contributed by atoms with Crippen molar-refractivity contribution in [3.05, 3.63) is 34.9 Å². The van der Waals surface area contributed by atoms with E-state index in [1.807, 2.05) is 0 Å². The van der Waals surface area contributed by atoms with E-state index in [1.54, 1.807) is 0 Å². The average molecular weight is 270 g/mol. The van der Waals surface area contributed by atoms with Gasteiger partial charge in [-0.05, 0) is 61.6 Å². The summed E-state index contributed by atoms with van der Waals surface area (Å²) in [5.74, 6) is 0.